The Balaban J connectivity index is 4.64. The first-order valence-electron chi connectivity index (χ1n) is 23.0. The summed E-state index contributed by atoms with van der Waals surface area (Å²) in [6, 6.07) is -0.834. The van der Waals surface area contributed by atoms with E-state index in [1.165, 1.54) is 148 Å². The summed E-state index contributed by atoms with van der Waals surface area (Å²) in [5.74, 6) is -1.20. The van der Waals surface area contributed by atoms with Crippen molar-refractivity contribution in [2.75, 3.05) is 12.4 Å². The molecule has 1 N–H and O–H groups in total. The number of hydrogen-bond acceptors (Lipinski definition) is 7. The molecule has 2 atom stereocenters. The molecule has 1 radical (unpaired) electrons. The Morgan fingerprint density at radius 3 is 1.19 bits per heavy atom. The summed E-state index contributed by atoms with van der Waals surface area (Å²) in [5.41, 5.74) is 0. The van der Waals surface area contributed by atoms with E-state index in [4.69, 9.17) is 9.47 Å². The molecule has 0 aliphatic heterocycles. The van der Waals surface area contributed by atoms with Crippen LogP contribution in [0, 0.1) is 6.42 Å². The zero-order valence-electron chi connectivity index (χ0n) is 35.6. The van der Waals surface area contributed by atoms with Crippen LogP contribution in [0.15, 0.2) is 0 Å². The summed E-state index contributed by atoms with van der Waals surface area (Å²) in [7, 11) is 0. The molecule has 7 nitrogen and oxygen atoms in total. The SMILES string of the molecule is CCCCCCCCCCCCCCCC(=O)N[C@@H](CS)C(=O)[CH][C@H](COC(=O)CCCCCCCCCCC)OC(=O)CCCCCCCCCCC. The monoisotopic (exact) mass is 781 g/mol. The number of rotatable bonds is 42. The average Bonchev–Trinajstić information content (AvgIpc) is 3.16. The molecule has 54 heavy (non-hydrogen) atoms. The molecule has 0 unspecified atom stereocenters. The number of unbranched alkanes of at least 4 members (excludes halogenated alkanes) is 28. The van der Waals surface area contributed by atoms with Crippen LogP contribution in [0.2, 0.25) is 0 Å². The first kappa shape index (κ1) is 52.4. The van der Waals surface area contributed by atoms with Crippen LogP contribution in [-0.4, -0.2) is 48.1 Å². The molecule has 0 saturated heterocycles. The molecule has 0 heterocycles. The molecular weight excluding hydrogens is 695 g/mol. The van der Waals surface area contributed by atoms with Crippen LogP contribution >= 0.6 is 12.6 Å². The molecule has 0 aliphatic carbocycles. The Bertz CT molecular complexity index is 883. The first-order valence-corrected chi connectivity index (χ1v) is 23.6. The highest BCUT2D eigenvalue weighted by Crippen LogP contribution is 2.16. The van der Waals surface area contributed by atoms with Crippen molar-refractivity contribution < 1.29 is 28.7 Å². The molecule has 0 rings (SSSR count). The van der Waals surface area contributed by atoms with Gasteiger partial charge in [-0.15, -0.1) is 0 Å². The highest BCUT2D eigenvalue weighted by Gasteiger charge is 2.26. The topological polar surface area (TPSA) is 98.8 Å². The quantitative estimate of drug-likeness (QED) is 0.0364. The van der Waals surface area contributed by atoms with E-state index in [1.54, 1.807) is 0 Å². The Hall–Kier alpha value is -1.57. The standard InChI is InChI=1S/C46H86NO6S/c1-4-7-10-13-16-19-20-21-22-25-26-29-32-35-44(49)47-42(40-54)43(48)38-41(53-46(51)37-34-31-28-24-18-15-12-9-6-3)39-52-45(50)36-33-30-27-23-17-14-11-8-5-2/h38,41-42,54H,4-37,39-40H2,1-3H3,(H,47,49)/t41-,42+/m1/s1. The lowest BCUT2D eigenvalue weighted by Crippen LogP contribution is -2.44. The Kier molecular flexibility index (Phi) is 39.9. The van der Waals surface area contributed by atoms with E-state index in [0.717, 1.165) is 57.8 Å². The Morgan fingerprint density at radius 1 is 0.481 bits per heavy atom. The lowest BCUT2D eigenvalue weighted by Gasteiger charge is -2.21. The molecule has 0 bridgehead atoms. The maximum atomic E-state index is 13.3. The minimum Gasteiger partial charge on any atom is -0.462 e. The van der Waals surface area contributed by atoms with Crippen LogP contribution in [0.4, 0.5) is 0 Å². The minimum atomic E-state index is -1.00. The predicted octanol–water partition coefficient (Wildman–Crippen LogP) is 13.0. The third-order valence-corrected chi connectivity index (χ3v) is 10.7. The van der Waals surface area contributed by atoms with Crippen LogP contribution in [0.25, 0.3) is 0 Å². The summed E-state index contributed by atoms with van der Waals surface area (Å²) in [4.78, 5) is 51.3. The Labute approximate surface area is 339 Å². The van der Waals surface area contributed by atoms with Gasteiger partial charge in [-0.1, -0.05) is 201 Å². The third kappa shape index (κ3) is 36.1. The predicted molar refractivity (Wildman–Crippen MR) is 230 cm³/mol. The molecule has 0 saturated carbocycles. The molecule has 1 amide bonds. The van der Waals surface area contributed by atoms with E-state index in [2.05, 4.69) is 38.7 Å². The lowest BCUT2D eigenvalue weighted by molar-refractivity contribution is -0.158. The highest BCUT2D eigenvalue weighted by molar-refractivity contribution is 7.80. The van der Waals surface area contributed by atoms with E-state index in [9.17, 15) is 19.2 Å². The van der Waals surface area contributed by atoms with Gasteiger partial charge in [0, 0.05) is 25.0 Å². The van der Waals surface area contributed by atoms with Gasteiger partial charge in [0.1, 0.15) is 12.7 Å². The van der Waals surface area contributed by atoms with Crippen molar-refractivity contribution in [1.29, 1.82) is 0 Å². The van der Waals surface area contributed by atoms with Gasteiger partial charge >= 0.3 is 11.9 Å². The molecular formula is C46H86NO6S. The van der Waals surface area contributed by atoms with Gasteiger partial charge in [-0.25, -0.2) is 0 Å². The van der Waals surface area contributed by atoms with Crippen molar-refractivity contribution in [3.63, 3.8) is 0 Å². The molecule has 0 aromatic rings. The fraction of sp³-hybridized carbons (Fsp3) is 0.891. The van der Waals surface area contributed by atoms with Gasteiger partial charge in [-0.05, 0) is 19.3 Å². The maximum Gasteiger partial charge on any atom is 0.306 e. The fourth-order valence-corrected chi connectivity index (χ4v) is 7.10. The number of thiol groups is 1. The number of Topliss-reactive ketones (excluding diaryl/α,β-unsaturated/α-hetero) is 1. The number of carbonyl (C=O) groups excluding carboxylic acids is 4. The summed E-state index contributed by atoms with van der Waals surface area (Å²) in [6.45, 7) is 6.49. The normalized spacial score (nSPS) is 12.4. The number of ether oxygens (including phenoxy) is 2. The van der Waals surface area contributed by atoms with Gasteiger partial charge in [0.2, 0.25) is 5.91 Å². The van der Waals surface area contributed by atoms with Crippen molar-refractivity contribution in [2.24, 2.45) is 0 Å². The van der Waals surface area contributed by atoms with Gasteiger partial charge in [-0.3, -0.25) is 19.2 Å². The minimum absolute atomic E-state index is 0.122. The van der Waals surface area contributed by atoms with Crippen molar-refractivity contribution in [2.45, 2.75) is 251 Å². The first-order chi connectivity index (χ1) is 26.4. The van der Waals surface area contributed by atoms with Crippen molar-refractivity contribution in [1.82, 2.24) is 5.32 Å². The van der Waals surface area contributed by atoms with E-state index >= 15 is 0 Å². The van der Waals surface area contributed by atoms with Crippen molar-refractivity contribution in [3.05, 3.63) is 6.42 Å². The van der Waals surface area contributed by atoms with E-state index in [1.807, 2.05) is 0 Å². The molecule has 317 valence electrons. The highest BCUT2D eigenvalue weighted by atomic mass is 32.1. The zero-order chi connectivity index (χ0) is 39.7. The van der Waals surface area contributed by atoms with E-state index < -0.39 is 18.1 Å². The number of amides is 1. The van der Waals surface area contributed by atoms with Gasteiger partial charge < -0.3 is 14.8 Å². The van der Waals surface area contributed by atoms with Crippen molar-refractivity contribution in [3.8, 4) is 0 Å². The second-order valence-electron chi connectivity index (χ2n) is 15.7. The van der Waals surface area contributed by atoms with Crippen LogP contribution in [-0.2, 0) is 28.7 Å². The Morgan fingerprint density at radius 2 is 0.815 bits per heavy atom. The maximum absolute atomic E-state index is 13.3. The number of carbonyl (C=O) groups is 4. The number of ketones is 1. The van der Waals surface area contributed by atoms with Gasteiger partial charge in [-0.2, -0.15) is 12.6 Å². The summed E-state index contributed by atoms with van der Waals surface area (Å²) in [5, 5.41) is 2.82. The van der Waals surface area contributed by atoms with Crippen LogP contribution < -0.4 is 5.32 Å². The molecule has 0 aliphatic rings. The smallest absolute Gasteiger partial charge is 0.306 e. The second kappa shape index (κ2) is 41.1. The molecule has 0 spiro atoms. The number of nitrogens with one attached hydrogen (secondary N) is 1. The fourth-order valence-electron chi connectivity index (χ4n) is 6.83. The van der Waals surface area contributed by atoms with E-state index in [0.29, 0.717) is 12.8 Å². The van der Waals surface area contributed by atoms with Gasteiger partial charge in [0.15, 0.2) is 5.78 Å². The number of esters is 2. The average molecular weight is 781 g/mol. The van der Waals surface area contributed by atoms with Crippen LogP contribution in [0.3, 0.4) is 0 Å². The van der Waals surface area contributed by atoms with E-state index in [-0.39, 0.29) is 36.4 Å². The summed E-state index contributed by atoms with van der Waals surface area (Å²) in [6.07, 6.45) is 38.0. The second-order valence-corrected chi connectivity index (χ2v) is 16.1. The lowest BCUT2D eigenvalue weighted by atomic mass is 10.0. The zero-order valence-corrected chi connectivity index (χ0v) is 36.5. The van der Waals surface area contributed by atoms with Crippen LogP contribution in [0.1, 0.15) is 239 Å². The van der Waals surface area contributed by atoms with Crippen LogP contribution in [0.5, 0.6) is 0 Å². The number of hydrogen-bond donors (Lipinski definition) is 2. The van der Waals surface area contributed by atoms with Gasteiger partial charge in [0.05, 0.1) is 12.5 Å². The third-order valence-electron chi connectivity index (χ3n) is 10.4. The largest absolute Gasteiger partial charge is 0.462 e. The molecule has 0 fully saturated rings. The molecule has 0 aromatic heterocycles. The molecule has 0 aromatic carbocycles. The van der Waals surface area contributed by atoms with Crippen molar-refractivity contribution >= 4 is 36.3 Å². The molecule has 8 heteroatoms. The van der Waals surface area contributed by atoms with Gasteiger partial charge in [0.25, 0.3) is 0 Å². The summed E-state index contributed by atoms with van der Waals surface area (Å²) < 4.78 is 11.2. The summed E-state index contributed by atoms with van der Waals surface area (Å²) >= 11 is 4.33.